The first-order valence-electron chi connectivity index (χ1n) is 6.26. The van der Waals surface area contributed by atoms with Crippen molar-refractivity contribution in [2.45, 2.75) is 13.8 Å². The van der Waals surface area contributed by atoms with Crippen molar-refractivity contribution in [3.05, 3.63) is 18.2 Å². The van der Waals surface area contributed by atoms with Gasteiger partial charge in [-0.15, -0.1) is 0 Å². The smallest absolute Gasteiger partial charge is 0.279 e. The van der Waals surface area contributed by atoms with Gasteiger partial charge in [-0.1, -0.05) is 0 Å². The van der Waals surface area contributed by atoms with Crippen molar-refractivity contribution in [1.82, 2.24) is 0 Å². The summed E-state index contributed by atoms with van der Waals surface area (Å²) < 4.78 is 10.5. The third-order valence-electron chi connectivity index (χ3n) is 3.07. The fourth-order valence-electron chi connectivity index (χ4n) is 1.91. The molecule has 2 rings (SSSR count). The standard InChI is InChI=1S/C13H18N2O3.ClH/c1-3-15(4-2)8-13(16)14-10-5-6-11-12(7-10)18-9-17-11;/h5-7H,3-4,8-9H2,1-2H3,(H,14,16);1H. The Labute approximate surface area is 119 Å². The minimum absolute atomic E-state index is 0. The maximum atomic E-state index is 11.8. The van der Waals surface area contributed by atoms with Crippen molar-refractivity contribution in [3.63, 3.8) is 0 Å². The number of hydrogen-bond donors (Lipinski definition) is 2. The highest BCUT2D eigenvalue weighted by Crippen LogP contribution is 2.34. The monoisotopic (exact) mass is 286 g/mol. The molecule has 1 aliphatic heterocycles. The number of hydrogen-bond acceptors (Lipinski definition) is 3. The van der Waals surface area contributed by atoms with E-state index in [9.17, 15) is 4.79 Å². The van der Waals surface area contributed by atoms with Crippen LogP contribution in [0.1, 0.15) is 13.8 Å². The van der Waals surface area contributed by atoms with Crippen LogP contribution in [0.5, 0.6) is 11.5 Å². The largest absolute Gasteiger partial charge is 1.00 e. The lowest BCUT2D eigenvalue weighted by atomic mass is 10.2. The molecule has 0 radical (unpaired) electrons. The van der Waals surface area contributed by atoms with Gasteiger partial charge in [-0.05, 0) is 26.0 Å². The molecule has 1 aromatic rings. The highest BCUT2D eigenvalue weighted by atomic mass is 35.5. The molecule has 0 aliphatic carbocycles. The van der Waals surface area contributed by atoms with Gasteiger partial charge < -0.3 is 32.1 Å². The van der Waals surface area contributed by atoms with Crippen molar-refractivity contribution in [2.75, 3.05) is 31.7 Å². The van der Waals surface area contributed by atoms with Crippen LogP contribution in [0.25, 0.3) is 0 Å². The summed E-state index contributed by atoms with van der Waals surface area (Å²) in [5.74, 6) is 1.43. The van der Waals surface area contributed by atoms with Crippen molar-refractivity contribution in [1.29, 1.82) is 0 Å². The van der Waals surface area contributed by atoms with Crippen molar-refractivity contribution < 1.29 is 31.6 Å². The molecular weight excluding hydrogens is 268 g/mol. The first-order chi connectivity index (χ1) is 8.72. The van der Waals surface area contributed by atoms with E-state index < -0.39 is 0 Å². The Balaban J connectivity index is 0.00000180. The zero-order chi connectivity index (χ0) is 13.0. The zero-order valence-corrected chi connectivity index (χ0v) is 11.9. The Morgan fingerprint density at radius 3 is 2.63 bits per heavy atom. The minimum atomic E-state index is 0. The van der Waals surface area contributed by atoms with Gasteiger partial charge in [0.1, 0.15) is 0 Å². The Morgan fingerprint density at radius 2 is 1.95 bits per heavy atom. The third kappa shape index (κ3) is 4.01. The number of nitrogens with one attached hydrogen (secondary N) is 2. The molecule has 0 bridgehead atoms. The summed E-state index contributed by atoms with van der Waals surface area (Å²) >= 11 is 0. The van der Waals surface area contributed by atoms with Gasteiger partial charge in [-0.2, -0.15) is 0 Å². The van der Waals surface area contributed by atoms with Gasteiger partial charge >= 0.3 is 0 Å². The van der Waals surface area contributed by atoms with Gasteiger partial charge in [-0.3, -0.25) is 4.79 Å². The van der Waals surface area contributed by atoms with E-state index in [0.29, 0.717) is 12.3 Å². The number of likely N-dealkylation sites (N-methyl/N-ethyl adjacent to an activating group) is 1. The Kier molecular flexibility index (Phi) is 5.92. The average molecular weight is 287 g/mol. The van der Waals surface area contributed by atoms with E-state index in [1.54, 1.807) is 6.07 Å². The highest BCUT2D eigenvalue weighted by Gasteiger charge is 2.15. The maximum absolute atomic E-state index is 11.8. The Morgan fingerprint density at radius 1 is 1.26 bits per heavy atom. The van der Waals surface area contributed by atoms with Crippen molar-refractivity contribution in [3.8, 4) is 11.5 Å². The maximum Gasteiger partial charge on any atom is 0.279 e. The van der Waals surface area contributed by atoms with Crippen LogP contribution < -0.4 is 32.1 Å². The molecular formula is C13H19ClN2O3. The second-order valence-electron chi connectivity index (χ2n) is 4.25. The van der Waals surface area contributed by atoms with Crippen LogP contribution in [-0.4, -0.2) is 32.3 Å². The van der Waals surface area contributed by atoms with Crippen LogP contribution in [-0.2, 0) is 4.79 Å². The van der Waals surface area contributed by atoms with E-state index in [4.69, 9.17) is 9.47 Å². The summed E-state index contributed by atoms with van der Waals surface area (Å²) in [6, 6.07) is 5.42. The SMILES string of the molecule is CC[NH+](CC)CC(=O)Nc1ccc2c(c1)OCO2.[Cl-]. The van der Waals surface area contributed by atoms with Gasteiger partial charge in [-0.25, -0.2) is 0 Å². The molecule has 5 nitrogen and oxygen atoms in total. The van der Waals surface area contributed by atoms with Crippen LogP contribution in [0.3, 0.4) is 0 Å². The molecule has 19 heavy (non-hydrogen) atoms. The number of benzene rings is 1. The molecule has 1 aromatic carbocycles. The minimum Gasteiger partial charge on any atom is -1.00 e. The van der Waals surface area contributed by atoms with E-state index >= 15 is 0 Å². The number of fused-ring (bicyclic) bond motifs is 1. The fourth-order valence-corrected chi connectivity index (χ4v) is 1.91. The van der Waals surface area contributed by atoms with Crippen molar-refractivity contribution >= 4 is 11.6 Å². The Hall–Kier alpha value is -1.46. The Bertz CT molecular complexity index is 436. The van der Waals surface area contributed by atoms with E-state index in [0.717, 1.165) is 24.5 Å². The van der Waals surface area contributed by atoms with E-state index in [1.165, 1.54) is 4.90 Å². The zero-order valence-electron chi connectivity index (χ0n) is 11.2. The second-order valence-corrected chi connectivity index (χ2v) is 4.25. The van der Waals surface area contributed by atoms with Crippen LogP contribution in [0.15, 0.2) is 18.2 Å². The van der Waals surface area contributed by atoms with Crippen LogP contribution in [0.2, 0.25) is 0 Å². The second kappa shape index (κ2) is 7.21. The number of quaternary nitrogens is 1. The number of anilines is 1. The lowest BCUT2D eigenvalue weighted by molar-refractivity contribution is -0.888. The third-order valence-corrected chi connectivity index (χ3v) is 3.07. The number of amides is 1. The molecule has 0 spiro atoms. The molecule has 106 valence electrons. The van der Waals surface area contributed by atoms with Gasteiger partial charge in [0.25, 0.3) is 5.91 Å². The average Bonchev–Trinajstić information content (AvgIpc) is 2.83. The van der Waals surface area contributed by atoms with Gasteiger partial charge in [0, 0.05) is 11.8 Å². The van der Waals surface area contributed by atoms with Crippen molar-refractivity contribution in [2.24, 2.45) is 0 Å². The molecule has 0 saturated heterocycles. The van der Waals surface area contributed by atoms with Gasteiger partial charge in [0.2, 0.25) is 6.79 Å². The molecule has 0 unspecified atom stereocenters. The van der Waals surface area contributed by atoms with Gasteiger partial charge in [0.15, 0.2) is 18.0 Å². The van der Waals surface area contributed by atoms with E-state index in [-0.39, 0.29) is 25.1 Å². The number of carbonyl (C=O) groups is 1. The number of halogens is 1. The molecule has 0 saturated carbocycles. The first-order valence-corrected chi connectivity index (χ1v) is 6.26. The summed E-state index contributed by atoms with van der Waals surface area (Å²) in [6.07, 6.45) is 0. The summed E-state index contributed by atoms with van der Waals surface area (Å²) in [5, 5.41) is 2.88. The summed E-state index contributed by atoms with van der Waals surface area (Å²) in [5.41, 5.74) is 0.746. The van der Waals surface area contributed by atoms with E-state index in [1.807, 2.05) is 12.1 Å². The molecule has 0 fully saturated rings. The molecule has 0 atom stereocenters. The number of carbonyl (C=O) groups excluding carboxylic acids is 1. The molecule has 6 heteroatoms. The molecule has 2 N–H and O–H groups in total. The molecule has 0 aromatic heterocycles. The van der Waals surface area contributed by atoms with Crippen LogP contribution >= 0.6 is 0 Å². The normalized spacial score (nSPS) is 12.2. The molecule has 1 heterocycles. The van der Waals surface area contributed by atoms with E-state index in [2.05, 4.69) is 19.2 Å². The quantitative estimate of drug-likeness (QED) is 0.619. The number of ether oxygens (including phenoxy) is 2. The number of rotatable bonds is 5. The topological polar surface area (TPSA) is 52.0 Å². The first kappa shape index (κ1) is 15.6. The fraction of sp³-hybridized carbons (Fsp3) is 0.462. The molecule has 1 aliphatic rings. The summed E-state index contributed by atoms with van der Waals surface area (Å²) in [7, 11) is 0. The predicted octanol–water partition coefficient (Wildman–Crippen LogP) is -2.72. The lowest BCUT2D eigenvalue weighted by Crippen LogP contribution is -3.12. The summed E-state index contributed by atoms with van der Waals surface area (Å²) in [6.45, 7) is 6.78. The van der Waals surface area contributed by atoms with Crippen LogP contribution in [0.4, 0.5) is 5.69 Å². The highest BCUT2D eigenvalue weighted by molar-refractivity contribution is 5.91. The predicted molar refractivity (Wildman–Crippen MR) is 68.1 cm³/mol. The van der Waals surface area contributed by atoms with Crippen LogP contribution in [0, 0.1) is 0 Å². The summed E-state index contributed by atoms with van der Waals surface area (Å²) in [4.78, 5) is 13.1. The van der Waals surface area contributed by atoms with Gasteiger partial charge in [0.05, 0.1) is 13.1 Å². The lowest BCUT2D eigenvalue weighted by Gasteiger charge is -2.14. The molecule has 1 amide bonds.